The smallest absolute Gasteiger partial charge is 0.303 e. The number of rotatable bonds is 8. The molecule has 0 N–H and O–H groups in total. The van der Waals surface area contributed by atoms with Crippen LogP contribution < -0.4 is 0 Å². The number of thiocarbonyl (C=S) groups is 1. The van der Waals surface area contributed by atoms with Crippen molar-refractivity contribution in [1.82, 2.24) is 4.90 Å². The van der Waals surface area contributed by atoms with Crippen molar-refractivity contribution >= 4 is 64.2 Å². The van der Waals surface area contributed by atoms with Gasteiger partial charge in [0.15, 0.2) is 28.9 Å². The summed E-state index contributed by atoms with van der Waals surface area (Å²) in [5, 5.41) is 0. The van der Waals surface area contributed by atoms with Crippen LogP contribution in [0.3, 0.4) is 0 Å². The van der Waals surface area contributed by atoms with Crippen molar-refractivity contribution in [3.05, 3.63) is 53.0 Å². The van der Waals surface area contributed by atoms with Gasteiger partial charge in [0.2, 0.25) is 0 Å². The molecule has 1 aromatic rings. The Labute approximate surface area is 234 Å². The number of nitrogens with zero attached hydrogens (tertiary/aromatic N) is 1. The first-order chi connectivity index (χ1) is 18.5. The zero-order chi connectivity index (χ0) is 28.7. The van der Waals surface area contributed by atoms with Gasteiger partial charge in [-0.3, -0.25) is 28.9 Å². The van der Waals surface area contributed by atoms with Gasteiger partial charge in [-0.05, 0) is 11.6 Å². The van der Waals surface area contributed by atoms with Crippen LogP contribution in [-0.2, 0) is 47.7 Å². The third kappa shape index (κ3) is 7.97. The lowest BCUT2D eigenvalue weighted by atomic mass is 9.96. The highest BCUT2D eigenvalue weighted by Gasteiger charge is 2.56. The molecule has 2 fully saturated rings. The molecule has 1 amide bonds. The monoisotopic (exact) mass is 577 g/mol. The molecule has 0 radical (unpaired) electrons. The summed E-state index contributed by atoms with van der Waals surface area (Å²) in [6.45, 7) is 4.10. The number of thioether (sulfide) groups is 1. The molecule has 0 aromatic heterocycles. The average molecular weight is 578 g/mol. The Kier molecular flexibility index (Phi) is 10.4. The minimum atomic E-state index is -1.44. The van der Waals surface area contributed by atoms with E-state index >= 15 is 0 Å². The van der Waals surface area contributed by atoms with Gasteiger partial charge in [-0.15, -0.1) is 0 Å². The molecule has 13 heteroatoms. The number of esters is 4. The van der Waals surface area contributed by atoms with Gasteiger partial charge in [-0.25, -0.2) is 0 Å². The van der Waals surface area contributed by atoms with E-state index in [1.165, 1.54) is 6.92 Å². The van der Waals surface area contributed by atoms with Gasteiger partial charge >= 0.3 is 23.9 Å². The lowest BCUT2D eigenvalue weighted by molar-refractivity contribution is -0.268. The third-order valence-electron chi connectivity index (χ3n) is 5.38. The van der Waals surface area contributed by atoms with Crippen molar-refractivity contribution in [3.63, 3.8) is 0 Å². The normalized spacial score (nSPS) is 26.0. The topological polar surface area (TPSA) is 135 Å². The standard InChI is InChI=1S/C26H27NO10S2/c1-14(28)33-13-19-21(34-15(2)29)22(35-16(3)30)23(36-17(4)31)25(37-19)27-24(32)20(39-26(27)38)12-8-11-18-9-6-5-7-10-18/h5-12,19,21-23,25H,13H2,1-4H3/b11-8+,20-12+/t19-,21+,22-,23-,25+/m0/s1. The van der Waals surface area contributed by atoms with E-state index in [1.54, 1.807) is 18.2 Å². The molecule has 3 rings (SSSR count). The predicted octanol–water partition coefficient (Wildman–Crippen LogP) is 2.53. The van der Waals surface area contributed by atoms with Gasteiger partial charge in [-0.1, -0.05) is 66.5 Å². The SMILES string of the molecule is CC(=O)OC[C@@H]1O[C@@H](N2C(=O)/C(=C\C=C\c3ccccc3)SC2=S)[C@@H](OC(C)=O)[C@@H](OC(C)=O)[C@@H]1OC(C)=O. The van der Waals surface area contributed by atoms with E-state index in [1.807, 2.05) is 30.3 Å². The molecule has 2 heterocycles. The number of benzene rings is 1. The van der Waals surface area contributed by atoms with Gasteiger partial charge < -0.3 is 23.7 Å². The number of carbonyl (C=O) groups excluding carboxylic acids is 5. The van der Waals surface area contributed by atoms with Gasteiger partial charge in [0.25, 0.3) is 5.91 Å². The Balaban J connectivity index is 1.99. The van der Waals surface area contributed by atoms with Gasteiger partial charge in [0, 0.05) is 27.7 Å². The van der Waals surface area contributed by atoms with Crippen LogP contribution in [0.15, 0.2) is 47.4 Å². The molecular formula is C26H27NO10S2. The zero-order valence-electron chi connectivity index (χ0n) is 21.6. The van der Waals surface area contributed by atoms with E-state index in [-0.39, 0.29) is 9.23 Å². The van der Waals surface area contributed by atoms with E-state index in [4.69, 9.17) is 35.9 Å². The maximum Gasteiger partial charge on any atom is 0.303 e. The van der Waals surface area contributed by atoms with Crippen molar-refractivity contribution in [2.75, 3.05) is 6.61 Å². The Morgan fingerprint density at radius 1 is 0.923 bits per heavy atom. The lowest BCUT2D eigenvalue weighted by Crippen LogP contribution is -2.66. The second-order valence-corrected chi connectivity index (χ2v) is 10.1. The van der Waals surface area contributed by atoms with Crippen LogP contribution in [-0.4, -0.2) is 76.3 Å². The number of carbonyl (C=O) groups is 5. The molecule has 2 aliphatic heterocycles. The second kappa shape index (κ2) is 13.5. The average Bonchev–Trinajstić information content (AvgIpc) is 3.13. The summed E-state index contributed by atoms with van der Waals surface area (Å²) in [6, 6.07) is 9.43. The summed E-state index contributed by atoms with van der Waals surface area (Å²) in [5.74, 6) is -3.52. The van der Waals surface area contributed by atoms with E-state index in [2.05, 4.69) is 0 Å². The van der Waals surface area contributed by atoms with Crippen molar-refractivity contribution in [2.24, 2.45) is 0 Å². The van der Waals surface area contributed by atoms with Crippen LogP contribution in [0.2, 0.25) is 0 Å². The highest BCUT2D eigenvalue weighted by molar-refractivity contribution is 8.26. The molecule has 11 nitrogen and oxygen atoms in total. The number of allylic oxidation sites excluding steroid dienone is 2. The molecule has 5 atom stereocenters. The van der Waals surface area contributed by atoms with E-state index in [0.717, 1.165) is 43.0 Å². The fourth-order valence-electron chi connectivity index (χ4n) is 3.94. The molecule has 208 valence electrons. The van der Waals surface area contributed by atoms with Gasteiger partial charge in [-0.2, -0.15) is 0 Å². The quantitative estimate of drug-likeness (QED) is 0.194. The summed E-state index contributed by atoms with van der Waals surface area (Å²) in [4.78, 5) is 62.4. The van der Waals surface area contributed by atoms with Crippen LogP contribution in [0.4, 0.5) is 0 Å². The largest absolute Gasteiger partial charge is 0.463 e. The number of hydrogen-bond acceptors (Lipinski definition) is 12. The lowest BCUT2D eigenvalue weighted by Gasteiger charge is -2.46. The molecule has 0 aliphatic carbocycles. The maximum atomic E-state index is 13.5. The summed E-state index contributed by atoms with van der Waals surface area (Å²) in [5.41, 5.74) is 0.920. The molecular weight excluding hydrogens is 550 g/mol. The minimum Gasteiger partial charge on any atom is -0.463 e. The molecule has 39 heavy (non-hydrogen) atoms. The summed E-state index contributed by atoms with van der Waals surface area (Å²) < 4.78 is 27.5. The second-order valence-electron chi connectivity index (χ2n) is 8.43. The highest BCUT2D eigenvalue weighted by Crippen LogP contribution is 2.38. The molecule has 1 aromatic carbocycles. The van der Waals surface area contributed by atoms with Crippen molar-refractivity contribution < 1.29 is 47.7 Å². The fraction of sp³-hybridized carbons (Fsp3) is 0.385. The Bertz CT molecular complexity index is 1200. The molecule has 0 unspecified atom stereocenters. The molecule has 2 aliphatic rings. The molecule has 0 bridgehead atoms. The van der Waals surface area contributed by atoms with Crippen molar-refractivity contribution in [3.8, 4) is 0 Å². The Morgan fingerprint density at radius 3 is 2.10 bits per heavy atom. The Hall–Kier alpha value is -3.55. The van der Waals surface area contributed by atoms with Gasteiger partial charge in [0.05, 0.1) is 4.91 Å². The van der Waals surface area contributed by atoms with E-state index in [9.17, 15) is 24.0 Å². The minimum absolute atomic E-state index is 0.0836. The number of ether oxygens (including phenoxy) is 5. The molecule has 2 saturated heterocycles. The first kappa shape index (κ1) is 30.0. The highest BCUT2D eigenvalue weighted by atomic mass is 32.2. The number of hydrogen-bond donors (Lipinski definition) is 0. The number of amides is 1. The van der Waals surface area contributed by atoms with E-state index < -0.39 is 67.0 Å². The third-order valence-corrected chi connectivity index (χ3v) is 6.73. The Morgan fingerprint density at radius 2 is 1.51 bits per heavy atom. The van der Waals surface area contributed by atoms with Gasteiger partial charge in [0.1, 0.15) is 12.7 Å². The maximum absolute atomic E-state index is 13.5. The van der Waals surface area contributed by atoms with Crippen LogP contribution in [0.5, 0.6) is 0 Å². The summed E-state index contributed by atoms with van der Waals surface area (Å²) in [7, 11) is 0. The van der Waals surface area contributed by atoms with Crippen LogP contribution in [0.25, 0.3) is 6.08 Å². The first-order valence-corrected chi connectivity index (χ1v) is 13.0. The van der Waals surface area contributed by atoms with Crippen molar-refractivity contribution in [2.45, 2.75) is 58.3 Å². The van der Waals surface area contributed by atoms with Crippen LogP contribution >= 0.6 is 24.0 Å². The molecule has 0 saturated carbocycles. The van der Waals surface area contributed by atoms with Crippen molar-refractivity contribution in [1.29, 1.82) is 0 Å². The fourth-order valence-corrected chi connectivity index (χ4v) is 5.20. The zero-order valence-corrected chi connectivity index (χ0v) is 23.2. The van der Waals surface area contributed by atoms with E-state index in [0.29, 0.717) is 0 Å². The van der Waals surface area contributed by atoms with Crippen LogP contribution in [0.1, 0.15) is 33.3 Å². The summed E-state index contributed by atoms with van der Waals surface area (Å²) >= 11 is 6.46. The summed E-state index contributed by atoms with van der Waals surface area (Å²) in [6.07, 6.45) is -1.72. The molecule has 0 spiro atoms. The first-order valence-electron chi connectivity index (χ1n) is 11.8. The van der Waals surface area contributed by atoms with Crippen LogP contribution in [0, 0.1) is 0 Å². The predicted molar refractivity (Wildman–Crippen MR) is 143 cm³/mol.